The number of carboxylic acids is 1. The third kappa shape index (κ3) is 1.77. The van der Waals surface area contributed by atoms with Crippen LogP contribution >= 0.6 is 0 Å². The first kappa shape index (κ1) is 10.2. The van der Waals surface area contributed by atoms with E-state index in [1.165, 1.54) is 0 Å². The lowest BCUT2D eigenvalue weighted by molar-refractivity contribution is -0.136. The fourth-order valence-electron chi connectivity index (χ4n) is 1.96. The molecule has 0 saturated carbocycles. The average Bonchev–Trinajstić information content (AvgIpc) is 2.47. The van der Waals surface area contributed by atoms with Crippen molar-refractivity contribution < 1.29 is 18.3 Å². The quantitative estimate of drug-likeness (QED) is 0.767. The second-order valence-electron chi connectivity index (χ2n) is 3.79. The Morgan fingerprint density at radius 3 is 2.73 bits per heavy atom. The predicted molar refractivity (Wildman–Crippen MR) is 53.2 cm³/mol. The van der Waals surface area contributed by atoms with Gasteiger partial charge >= 0.3 is 5.97 Å². The highest BCUT2D eigenvalue weighted by molar-refractivity contribution is 7.90. The van der Waals surface area contributed by atoms with Gasteiger partial charge in [-0.2, -0.15) is 0 Å². The molecule has 0 aliphatic carbocycles. The van der Waals surface area contributed by atoms with Crippen molar-refractivity contribution in [3.05, 3.63) is 22.5 Å². The number of aryl methyl sites for hydroxylation is 1. The van der Waals surface area contributed by atoms with E-state index in [0.717, 1.165) is 5.69 Å². The second kappa shape index (κ2) is 3.10. The highest BCUT2D eigenvalue weighted by Crippen LogP contribution is 2.30. The summed E-state index contributed by atoms with van der Waals surface area (Å²) in [4.78, 5) is 13.6. The molecule has 0 unspecified atom stereocenters. The van der Waals surface area contributed by atoms with E-state index in [0.29, 0.717) is 16.8 Å². The Kier molecular flexibility index (Phi) is 2.11. The first-order chi connectivity index (χ1) is 6.89. The van der Waals surface area contributed by atoms with Crippen LogP contribution in [0.15, 0.2) is 0 Å². The predicted octanol–water partition coefficient (Wildman–Crippen LogP) is 0.379. The topological polar surface area (TPSA) is 87.2 Å². The lowest BCUT2D eigenvalue weighted by Gasteiger charge is -1.99. The SMILES string of the molecule is Cc1[nH]c2c(c1CC(=O)O)CS(=O)(=O)C2. The Balaban J connectivity index is 2.46. The highest BCUT2D eigenvalue weighted by atomic mass is 32.2. The number of aromatic nitrogens is 1. The number of fused-ring (bicyclic) bond motifs is 1. The molecule has 1 aliphatic rings. The molecule has 0 radical (unpaired) electrons. The van der Waals surface area contributed by atoms with Gasteiger partial charge in [-0.15, -0.1) is 0 Å². The van der Waals surface area contributed by atoms with E-state index >= 15 is 0 Å². The van der Waals surface area contributed by atoms with Crippen molar-refractivity contribution in [1.29, 1.82) is 0 Å². The monoisotopic (exact) mass is 229 g/mol. The van der Waals surface area contributed by atoms with Crippen LogP contribution in [0.5, 0.6) is 0 Å². The van der Waals surface area contributed by atoms with E-state index in [-0.39, 0.29) is 17.9 Å². The average molecular weight is 229 g/mol. The van der Waals surface area contributed by atoms with E-state index in [1.807, 2.05) is 0 Å². The molecular formula is C9H11NO4S. The maximum Gasteiger partial charge on any atom is 0.307 e. The Hall–Kier alpha value is -1.30. The van der Waals surface area contributed by atoms with Gasteiger partial charge in [-0.1, -0.05) is 0 Å². The molecule has 0 aromatic carbocycles. The largest absolute Gasteiger partial charge is 0.481 e. The summed E-state index contributed by atoms with van der Waals surface area (Å²) in [6.07, 6.45) is -0.118. The zero-order valence-electron chi connectivity index (χ0n) is 8.20. The molecule has 2 heterocycles. The van der Waals surface area contributed by atoms with Crippen LogP contribution < -0.4 is 0 Å². The van der Waals surface area contributed by atoms with Gasteiger partial charge in [-0.25, -0.2) is 8.42 Å². The van der Waals surface area contributed by atoms with E-state index in [9.17, 15) is 13.2 Å². The molecule has 82 valence electrons. The van der Waals surface area contributed by atoms with Gasteiger partial charge < -0.3 is 10.1 Å². The Morgan fingerprint density at radius 2 is 2.13 bits per heavy atom. The van der Waals surface area contributed by atoms with Gasteiger partial charge in [0.1, 0.15) is 0 Å². The fourth-order valence-corrected chi connectivity index (χ4v) is 3.54. The summed E-state index contributed by atoms with van der Waals surface area (Å²) in [6, 6.07) is 0. The van der Waals surface area contributed by atoms with Crippen molar-refractivity contribution >= 4 is 15.8 Å². The lowest BCUT2D eigenvalue weighted by atomic mass is 10.1. The van der Waals surface area contributed by atoms with Crippen LogP contribution in [0.1, 0.15) is 22.5 Å². The molecule has 1 aliphatic heterocycles. The van der Waals surface area contributed by atoms with E-state index in [4.69, 9.17) is 5.11 Å². The van der Waals surface area contributed by atoms with Crippen molar-refractivity contribution in [3.8, 4) is 0 Å². The van der Waals surface area contributed by atoms with Crippen molar-refractivity contribution in [2.45, 2.75) is 24.9 Å². The van der Waals surface area contributed by atoms with Crippen LogP contribution in [0.2, 0.25) is 0 Å². The number of aromatic amines is 1. The number of aliphatic carboxylic acids is 1. The van der Waals surface area contributed by atoms with E-state index in [2.05, 4.69) is 4.98 Å². The van der Waals surface area contributed by atoms with Crippen molar-refractivity contribution in [2.24, 2.45) is 0 Å². The van der Waals surface area contributed by atoms with Gasteiger partial charge in [-0.3, -0.25) is 4.79 Å². The summed E-state index contributed by atoms with van der Waals surface area (Å²) >= 11 is 0. The third-order valence-electron chi connectivity index (χ3n) is 2.58. The minimum absolute atomic E-state index is 0.00277. The van der Waals surface area contributed by atoms with E-state index in [1.54, 1.807) is 6.92 Å². The first-order valence-corrected chi connectivity index (χ1v) is 6.32. The molecule has 0 amide bonds. The molecule has 2 N–H and O–H groups in total. The highest BCUT2D eigenvalue weighted by Gasteiger charge is 2.30. The van der Waals surface area contributed by atoms with Gasteiger partial charge in [0, 0.05) is 11.4 Å². The molecule has 15 heavy (non-hydrogen) atoms. The van der Waals surface area contributed by atoms with Crippen LogP contribution in [0, 0.1) is 6.92 Å². The van der Waals surface area contributed by atoms with Crippen LogP contribution in [-0.2, 0) is 32.6 Å². The summed E-state index contributed by atoms with van der Waals surface area (Å²) < 4.78 is 22.7. The zero-order valence-corrected chi connectivity index (χ0v) is 9.02. The number of nitrogens with one attached hydrogen (secondary N) is 1. The number of carboxylic acid groups (broad SMARTS) is 1. The Bertz CT molecular complexity index is 527. The molecule has 0 spiro atoms. The van der Waals surface area contributed by atoms with Crippen LogP contribution in [-0.4, -0.2) is 24.5 Å². The van der Waals surface area contributed by atoms with Crippen LogP contribution in [0.25, 0.3) is 0 Å². The first-order valence-electron chi connectivity index (χ1n) is 4.50. The van der Waals surface area contributed by atoms with Gasteiger partial charge in [0.05, 0.1) is 17.9 Å². The van der Waals surface area contributed by atoms with Crippen molar-refractivity contribution in [1.82, 2.24) is 4.98 Å². The smallest absolute Gasteiger partial charge is 0.307 e. The number of rotatable bonds is 2. The zero-order chi connectivity index (χ0) is 11.2. The summed E-state index contributed by atoms with van der Waals surface area (Å²) in [5.41, 5.74) is 2.70. The Morgan fingerprint density at radius 1 is 1.47 bits per heavy atom. The standard InChI is InChI=1S/C9H11NO4S/c1-5-6(2-9(11)12)7-3-15(13,14)4-8(7)10-5/h10H,2-4H2,1H3,(H,11,12). The lowest BCUT2D eigenvalue weighted by Crippen LogP contribution is -2.04. The third-order valence-corrected chi connectivity index (χ3v) is 4.03. The van der Waals surface area contributed by atoms with Gasteiger partial charge in [0.15, 0.2) is 9.84 Å². The summed E-state index contributed by atoms with van der Waals surface area (Å²) in [7, 11) is -3.06. The molecule has 1 aromatic heterocycles. The van der Waals surface area contributed by atoms with Crippen LogP contribution in [0.4, 0.5) is 0 Å². The number of hydrogen-bond acceptors (Lipinski definition) is 3. The van der Waals surface area contributed by atoms with Crippen molar-refractivity contribution in [2.75, 3.05) is 0 Å². The molecule has 0 bridgehead atoms. The second-order valence-corrected chi connectivity index (χ2v) is 5.85. The Labute approximate surface area is 87.0 Å². The van der Waals surface area contributed by atoms with E-state index < -0.39 is 15.8 Å². The number of hydrogen-bond donors (Lipinski definition) is 2. The molecule has 5 nitrogen and oxygen atoms in total. The molecule has 0 fully saturated rings. The molecule has 6 heteroatoms. The maximum absolute atomic E-state index is 11.3. The summed E-state index contributed by atoms with van der Waals surface area (Å²) in [5.74, 6) is -0.970. The number of carbonyl (C=O) groups is 1. The van der Waals surface area contributed by atoms with Gasteiger partial charge in [0.2, 0.25) is 0 Å². The number of sulfone groups is 1. The molecule has 2 rings (SSSR count). The van der Waals surface area contributed by atoms with Gasteiger partial charge in [0.25, 0.3) is 0 Å². The molecule has 1 aromatic rings. The normalized spacial score (nSPS) is 17.7. The van der Waals surface area contributed by atoms with Gasteiger partial charge in [-0.05, 0) is 18.1 Å². The minimum Gasteiger partial charge on any atom is -0.481 e. The summed E-state index contributed by atoms with van der Waals surface area (Å²) in [5, 5.41) is 8.71. The fraction of sp³-hybridized carbons (Fsp3) is 0.444. The molecule has 0 atom stereocenters. The molecule has 0 saturated heterocycles. The maximum atomic E-state index is 11.3. The summed E-state index contributed by atoms with van der Waals surface area (Å²) in [6.45, 7) is 1.77. The number of H-pyrrole nitrogens is 1. The van der Waals surface area contributed by atoms with Crippen molar-refractivity contribution in [3.63, 3.8) is 0 Å². The minimum atomic E-state index is -3.06. The van der Waals surface area contributed by atoms with Crippen LogP contribution in [0.3, 0.4) is 0 Å². The molecular weight excluding hydrogens is 218 g/mol.